The Bertz CT molecular complexity index is 942. The first-order valence-electron chi connectivity index (χ1n) is 7.74. The Morgan fingerprint density at radius 3 is 2.92 bits per heavy atom. The van der Waals surface area contributed by atoms with E-state index in [-0.39, 0.29) is 11.7 Å². The van der Waals surface area contributed by atoms with Crippen LogP contribution in [0.4, 0.5) is 4.39 Å². The van der Waals surface area contributed by atoms with E-state index in [9.17, 15) is 9.18 Å². The number of nitrogens with zero attached hydrogens (tertiary/aromatic N) is 1. The number of benzene rings is 1. The number of hydroxylamine groups is 1. The highest BCUT2D eigenvalue weighted by molar-refractivity contribution is 14.1. The van der Waals surface area contributed by atoms with Crippen molar-refractivity contribution in [3.05, 3.63) is 61.4 Å². The molecule has 1 N–H and O–H groups in total. The third kappa shape index (κ3) is 3.83. The van der Waals surface area contributed by atoms with Crippen molar-refractivity contribution < 1.29 is 14.0 Å². The molecule has 0 aliphatic carbocycles. The maximum Gasteiger partial charge on any atom is 0.276 e. The van der Waals surface area contributed by atoms with E-state index in [2.05, 4.69) is 33.1 Å². The molecule has 0 atom stereocenters. The Morgan fingerprint density at radius 1 is 1.40 bits per heavy atom. The largest absolute Gasteiger partial charge is 0.276 e. The zero-order valence-electron chi connectivity index (χ0n) is 13.7. The number of hydrogen-bond donors (Lipinski definition) is 1. The molecule has 0 spiro atoms. The van der Waals surface area contributed by atoms with E-state index in [1.165, 1.54) is 17.4 Å². The van der Waals surface area contributed by atoms with Gasteiger partial charge in [0.2, 0.25) is 0 Å². The average molecular weight is 470 g/mol. The molecule has 0 unspecified atom stereocenters. The molecule has 0 radical (unpaired) electrons. The van der Waals surface area contributed by atoms with E-state index >= 15 is 0 Å². The van der Waals surface area contributed by atoms with Crippen molar-refractivity contribution in [3.63, 3.8) is 0 Å². The van der Waals surface area contributed by atoms with Crippen LogP contribution in [-0.4, -0.2) is 17.5 Å². The van der Waals surface area contributed by atoms with Gasteiger partial charge in [0.25, 0.3) is 5.91 Å². The summed E-state index contributed by atoms with van der Waals surface area (Å²) in [4.78, 5) is 23.6. The molecule has 2 heterocycles. The van der Waals surface area contributed by atoms with E-state index in [1.54, 1.807) is 19.2 Å². The van der Waals surface area contributed by atoms with E-state index in [4.69, 9.17) is 4.84 Å². The molecule has 3 aromatic rings. The number of pyridine rings is 1. The minimum Gasteiger partial charge on any atom is -0.274 e. The van der Waals surface area contributed by atoms with Gasteiger partial charge >= 0.3 is 0 Å². The van der Waals surface area contributed by atoms with Gasteiger partial charge in [-0.15, -0.1) is 11.3 Å². The van der Waals surface area contributed by atoms with Crippen LogP contribution in [0.1, 0.15) is 33.3 Å². The Morgan fingerprint density at radius 2 is 2.20 bits per heavy atom. The number of amides is 1. The van der Waals surface area contributed by atoms with Gasteiger partial charge in [0, 0.05) is 26.5 Å². The fourth-order valence-electron chi connectivity index (χ4n) is 2.61. The van der Waals surface area contributed by atoms with Crippen molar-refractivity contribution in [2.24, 2.45) is 0 Å². The Kier molecular flexibility index (Phi) is 5.65. The predicted octanol–water partition coefficient (Wildman–Crippen LogP) is 4.62. The second-order valence-corrected chi connectivity index (χ2v) is 7.81. The number of thiophene rings is 1. The number of fused-ring (bicyclic) bond motifs is 1. The minimum absolute atomic E-state index is 0.273. The highest BCUT2D eigenvalue weighted by Gasteiger charge is 2.22. The van der Waals surface area contributed by atoms with Gasteiger partial charge in [0.15, 0.2) is 0 Å². The van der Waals surface area contributed by atoms with Crippen molar-refractivity contribution in [2.45, 2.75) is 20.3 Å². The summed E-state index contributed by atoms with van der Waals surface area (Å²) in [7, 11) is 0. The van der Waals surface area contributed by atoms with Gasteiger partial charge in [0.05, 0.1) is 12.2 Å². The first-order chi connectivity index (χ1) is 12.0. The smallest absolute Gasteiger partial charge is 0.274 e. The molecule has 0 saturated heterocycles. The lowest BCUT2D eigenvalue weighted by molar-refractivity contribution is 0.0366. The van der Waals surface area contributed by atoms with Gasteiger partial charge in [0.1, 0.15) is 10.6 Å². The maximum absolute atomic E-state index is 14.3. The van der Waals surface area contributed by atoms with Gasteiger partial charge in [-0.05, 0) is 65.8 Å². The van der Waals surface area contributed by atoms with Gasteiger partial charge in [-0.25, -0.2) is 14.9 Å². The van der Waals surface area contributed by atoms with E-state index in [0.717, 1.165) is 24.2 Å². The van der Waals surface area contributed by atoms with Crippen LogP contribution in [-0.2, 0) is 11.3 Å². The Hall–Kier alpha value is -1.58. The number of hydrogen-bond acceptors (Lipinski definition) is 4. The van der Waals surface area contributed by atoms with Crippen LogP contribution < -0.4 is 5.48 Å². The zero-order valence-corrected chi connectivity index (χ0v) is 16.7. The Labute approximate surface area is 162 Å². The summed E-state index contributed by atoms with van der Waals surface area (Å²) in [5.74, 6) is -0.602. The van der Waals surface area contributed by atoms with Crippen LogP contribution in [0.15, 0.2) is 30.5 Å². The first-order valence-corrected chi connectivity index (χ1v) is 9.63. The quantitative estimate of drug-likeness (QED) is 0.438. The lowest BCUT2D eigenvalue weighted by Gasteiger charge is -2.08. The van der Waals surface area contributed by atoms with Crippen LogP contribution in [0.25, 0.3) is 10.2 Å². The predicted molar refractivity (Wildman–Crippen MR) is 105 cm³/mol. The number of carbonyl (C=O) groups is 1. The standard InChI is InChI=1S/C18H16FIN2O2S/c1-3-24-22-17(23)16-14(8-11-4-5-12(20)9-13(11)19)25-18-15(16)10(2)6-7-21-18/h4-7,9H,3,8H2,1-2H3,(H,22,23). The molecule has 2 aromatic heterocycles. The average Bonchev–Trinajstić information content (AvgIpc) is 2.95. The SMILES string of the molecule is CCONC(=O)c1c(Cc2ccc(I)cc2F)sc2nccc(C)c12. The molecule has 0 fully saturated rings. The summed E-state index contributed by atoms with van der Waals surface area (Å²) in [6, 6.07) is 6.97. The summed E-state index contributed by atoms with van der Waals surface area (Å²) in [6.07, 6.45) is 2.05. The summed E-state index contributed by atoms with van der Waals surface area (Å²) < 4.78 is 15.1. The van der Waals surface area contributed by atoms with Gasteiger partial charge in [-0.1, -0.05) is 6.07 Å². The highest BCUT2D eigenvalue weighted by atomic mass is 127. The molecular weight excluding hydrogens is 454 g/mol. The minimum atomic E-state index is -0.329. The number of aryl methyl sites for hydroxylation is 1. The number of rotatable bonds is 5. The summed E-state index contributed by atoms with van der Waals surface area (Å²) in [6.45, 7) is 4.09. The molecule has 4 nitrogen and oxygen atoms in total. The van der Waals surface area contributed by atoms with Crippen molar-refractivity contribution in [3.8, 4) is 0 Å². The second kappa shape index (κ2) is 7.76. The fourth-order valence-corrected chi connectivity index (χ4v) is 4.30. The molecule has 3 rings (SSSR count). The molecule has 0 aliphatic rings. The monoisotopic (exact) mass is 470 g/mol. The van der Waals surface area contributed by atoms with Crippen LogP contribution in [0.3, 0.4) is 0 Å². The number of carbonyl (C=O) groups excluding carboxylic acids is 1. The molecule has 130 valence electrons. The second-order valence-electron chi connectivity index (χ2n) is 5.48. The fraction of sp³-hybridized carbons (Fsp3) is 0.222. The normalized spacial score (nSPS) is 11.0. The molecule has 1 amide bonds. The van der Waals surface area contributed by atoms with Crippen molar-refractivity contribution in [1.29, 1.82) is 0 Å². The maximum atomic E-state index is 14.3. The molecule has 0 bridgehead atoms. The van der Waals surface area contributed by atoms with Crippen molar-refractivity contribution in [2.75, 3.05) is 6.61 Å². The van der Waals surface area contributed by atoms with Crippen LogP contribution in [0.2, 0.25) is 0 Å². The summed E-state index contributed by atoms with van der Waals surface area (Å²) >= 11 is 3.48. The number of halogens is 2. The molecule has 25 heavy (non-hydrogen) atoms. The first kappa shape index (κ1) is 18.2. The van der Waals surface area contributed by atoms with Gasteiger partial charge in [-0.3, -0.25) is 9.63 Å². The van der Waals surface area contributed by atoms with E-state index in [1.807, 2.05) is 19.1 Å². The number of aromatic nitrogens is 1. The molecule has 1 aromatic carbocycles. The molecule has 7 heteroatoms. The lowest BCUT2D eigenvalue weighted by atomic mass is 10.0. The van der Waals surface area contributed by atoms with Crippen LogP contribution >= 0.6 is 33.9 Å². The van der Waals surface area contributed by atoms with E-state index in [0.29, 0.717) is 24.2 Å². The van der Waals surface area contributed by atoms with Gasteiger partial charge in [-0.2, -0.15) is 0 Å². The van der Waals surface area contributed by atoms with Crippen LogP contribution in [0, 0.1) is 16.3 Å². The molecule has 0 aliphatic heterocycles. The Balaban J connectivity index is 2.10. The summed E-state index contributed by atoms with van der Waals surface area (Å²) in [5, 5.41) is 0.797. The summed E-state index contributed by atoms with van der Waals surface area (Å²) in [5.41, 5.74) is 4.47. The third-order valence-corrected chi connectivity index (χ3v) is 5.54. The number of nitrogens with one attached hydrogen (secondary N) is 1. The third-order valence-electron chi connectivity index (χ3n) is 3.78. The highest BCUT2D eigenvalue weighted by Crippen LogP contribution is 2.34. The molecular formula is C18H16FIN2O2S. The lowest BCUT2D eigenvalue weighted by Crippen LogP contribution is -2.24. The molecule has 0 saturated carbocycles. The van der Waals surface area contributed by atoms with Crippen molar-refractivity contribution in [1.82, 2.24) is 10.5 Å². The zero-order chi connectivity index (χ0) is 18.0. The topological polar surface area (TPSA) is 51.2 Å². The van der Waals surface area contributed by atoms with Crippen LogP contribution in [0.5, 0.6) is 0 Å². The van der Waals surface area contributed by atoms with Crippen molar-refractivity contribution >= 4 is 50.1 Å². The van der Waals surface area contributed by atoms with E-state index < -0.39 is 0 Å². The van der Waals surface area contributed by atoms with Gasteiger partial charge < -0.3 is 0 Å².